The van der Waals surface area contributed by atoms with Gasteiger partial charge in [-0.25, -0.2) is 4.39 Å². The van der Waals surface area contributed by atoms with Crippen LogP contribution in [0, 0.1) is 11.7 Å². The molecular weight excluding hydrogens is 485 g/mol. The molecule has 0 saturated heterocycles. The van der Waals surface area contributed by atoms with Crippen molar-refractivity contribution >= 4 is 40.9 Å². The van der Waals surface area contributed by atoms with E-state index in [4.69, 9.17) is 30.6 Å². The number of methoxy groups -OCH3 is 1. The summed E-state index contributed by atoms with van der Waals surface area (Å²) in [6, 6.07) is 6.95. The van der Waals surface area contributed by atoms with Gasteiger partial charge in [0.2, 0.25) is 11.8 Å². The molecule has 1 saturated carbocycles. The second kappa shape index (κ2) is 10.6. The molecule has 4 rings (SSSR count). The molecule has 1 amide bonds. The quantitative estimate of drug-likeness (QED) is 0.404. The Bertz CT molecular complexity index is 1230. The number of hydrogen-bond acceptors (Lipinski definition) is 9. The van der Waals surface area contributed by atoms with E-state index < -0.39 is 17.7 Å². The average Bonchev–Trinajstić information content (AvgIpc) is 3.31. The molecule has 0 aliphatic heterocycles. The molecule has 0 unspecified atom stereocenters. The molecular formula is C22H21ClFN5O6. The Morgan fingerprint density at radius 3 is 2.63 bits per heavy atom. The first kappa shape index (κ1) is 24.2. The van der Waals surface area contributed by atoms with Crippen LogP contribution in [0.2, 0.25) is 5.02 Å². The van der Waals surface area contributed by atoms with Crippen LogP contribution in [0.3, 0.4) is 0 Å². The highest BCUT2D eigenvalue weighted by molar-refractivity contribution is 6.31. The molecule has 11 nitrogen and oxygen atoms in total. The van der Waals surface area contributed by atoms with Gasteiger partial charge in [0.1, 0.15) is 17.6 Å². The van der Waals surface area contributed by atoms with Gasteiger partial charge in [-0.2, -0.15) is 4.98 Å². The van der Waals surface area contributed by atoms with E-state index >= 15 is 0 Å². The van der Waals surface area contributed by atoms with Crippen LogP contribution in [-0.4, -0.2) is 45.4 Å². The van der Waals surface area contributed by atoms with Gasteiger partial charge >= 0.3 is 23.8 Å². The molecule has 0 atom stereocenters. The van der Waals surface area contributed by atoms with Crippen molar-refractivity contribution in [3.63, 3.8) is 0 Å². The Balaban J connectivity index is 1.37. The van der Waals surface area contributed by atoms with Gasteiger partial charge in [-0.1, -0.05) is 16.7 Å². The summed E-state index contributed by atoms with van der Waals surface area (Å²) in [4.78, 5) is 27.9. The Morgan fingerprint density at radius 1 is 1.17 bits per heavy atom. The third-order valence-electron chi connectivity index (χ3n) is 5.38. The molecule has 1 aliphatic carbocycles. The molecule has 1 aromatic carbocycles. The molecule has 2 aromatic heterocycles. The standard InChI is InChI=1S/C22H21ClFN5O6/c1-33-19-16(8-9-17(27-19)34-13-5-2-11(3-6-13)21(31)32)26-18(30)20-28-29-22(35-20)25-12-4-7-15(24)14(23)10-12/h4,7-11,13H,2-3,5-6H2,1H3,(H,25,29)(H,26,30)(H,31,32). The van der Waals surface area contributed by atoms with Crippen molar-refractivity contribution in [3.8, 4) is 11.8 Å². The number of halogens is 2. The second-order valence-corrected chi connectivity index (χ2v) is 8.16. The SMILES string of the molecule is COc1nc(OC2CCC(C(=O)O)CC2)ccc1NC(=O)c1nnc(Nc2ccc(F)c(Cl)c2)o1. The number of aliphatic carboxylic acids is 1. The Kier molecular flexibility index (Phi) is 7.30. The van der Waals surface area contributed by atoms with Crippen molar-refractivity contribution in [2.75, 3.05) is 17.7 Å². The molecule has 13 heteroatoms. The number of carboxylic acid groups (broad SMARTS) is 1. The van der Waals surface area contributed by atoms with Crippen molar-refractivity contribution < 1.29 is 33.0 Å². The van der Waals surface area contributed by atoms with Gasteiger partial charge in [0.05, 0.1) is 18.1 Å². The molecule has 184 valence electrons. The van der Waals surface area contributed by atoms with Crippen molar-refractivity contribution in [2.45, 2.75) is 31.8 Å². The summed E-state index contributed by atoms with van der Waals surface area (Å²) in [5.74, 6) is -2.35. The summed E-state index contributed by atoms with van der Waals surface area (Å²) in [5.41, 5.74) is 0.641. The van der Waals surface area contributed by atoms with Gasteiger partial charge < -0.3 is 29.6 Å². The number of hydrogen-bond donors (Lipinski definition) is 3. The predicted molar refractivity (Wildman–Crippen MR) is 122 cm³/mol. The lowest BCUT2D eigenvalue weighted by atomic mass is 9.87. The van der Waals surface area contributed by atoms with Crippen LogP contribution in [0.5, 0.6) is 11.8 Å². The fourth-order valence-corrected chi connectivity index (χ4v) is 3.76. The van der Waals surface area contributed by atoms with Crippen molar-refractivity contribution in [1.82, 2.24) is 15.2 Å². The minimum absolute atomic E-state index is 0.0903. The third-order valence-corrected chi connectivity index (χ3v) is 5.67. The van der Waals surface area contributed by atoms with Crippen molar-refractivity contribution in [3.05, 3.63) is 47.1 Å². The van der Waals surface area contributed by atoms with E-state index in [0.29, 0.717) is 37.3 Å². The zero-order valence-corrected chi connectivity index (χ0v) is 19.2. The first-order chi connectivity index (χ1) is 16.8. The van der Waals surface area contributed by atoms with Gasteiger partial charge in [0.25, 0.3) is 0 Å². The van der Waals surface area contributed by atoms with E-state index in [9.17, 15) is 14.0 Å². The van der Waals surface area contributed by atoms with Crippen LogP contribution in [0.15, 0.2) is 34.7 Å². The smallest absolute Gasteiger partial charge is 0.320 e. The fourth-order valence-electron chi connectivity index (χ4n) is 3.58. The largest absolute Gasteiger partial charge is 0.481 e. The van der Waals surface area contributed by atoms with E-state index in [-0.39, 0.29) is 40.5 Å². The number of amides is 1. The molecule has 35 heavy (non-hydrogen) atoms. The minimum Gasteiger partial charge on any atom is -0.481 e. The molecule has 0 radical (unpaired) electrons. The maximum absolute atomic E-state index is 13.3. The summed E-state index contributed by atoms with van der Waals surface area (Å²) in [5, 5.41) is 21.8. The van der Waals surface area contributed by atoms with E-state index in [1.54, 1.807) is 12.1 Å². The number of carbonyl (C=O) groups is 2. The first-order valence-corrected chi connectivity index (χ1v) is 11.0. The van der Waals surface area contributed by atoms with Gasteiger partial charge in [0, 0.05) is 11.8 Å². The molecule has 3 N–H and O–H groups in total. The topological polar surface area (TPSA) is 149 Å². The summed E-state index contributed by atoms with van der Waals surface area (Å²) in [7, 11) is 1.39. The number of pyridine rings is 1. The van der Waals surface area contributed by atoms with Crippen LogP contribution in [0.4, 0.5) is 21.8 Å². The van der Waals surface area contributed by atoms with E-state index in [1.807, 2.05) is 0 Å². The van der Waals surface area contributed by atoms with Gasteiger partial charge in [-0.3, -0.25) is 9.59 Å². The van der Waals surface area contributed by atoms with Crippen LogP contribution in [0.25, 0.3) is 0 Å². The second-order valence-electron chi connectivity index (χ2n) is 7.76. The van der Waals surface area contributed by atoms with Gasteiger partial charge in [-0.05, 0) is 49.9 Å². The number of anilines is 3. The molecule has 0 spiro atoms. The number of carboxylic acids is 1. The Hall–Kier alpha value is -3.93. The molecule has 1 aliphatic rings. The van der Waals surface area contributed by atoms with E-state index in [1.165, 1.54) is 25.3 Å². The van der Waals surface area contributed by atoms with Crippen LogP contribution >= 0.6 is 11.6 Å². The average molecular weight is 506 g/mol. The molecule has 2 heterocycles. The normalized spacial score (nSPS) is 17.5. The monoisotopic (exact) mass is 505 g/mol. The summed E-state index contributed by atoms with van der Waals surface area (Å²) in [6.45, 7) is 0. The predicted octanol–water partition coefficient (Wildman–Crippen LogP) is 4.28. The first-order valence-electron chi connectivity index (χ1n) is 10.6. The van der Waals surface area contributed by atoms with Crippen LogP contribution in [-0.2, 0) is 4.79 Å². The van der Waals surface area contributed by atoms with Crippen molar-refractivity contribution in [2.24, 2.45) is 5.92 Å². The highest BCUT2D eigenvalue weighted by Gasteiger charge is 2.27. The zero-order valence-electron chi connectivity index (χ0n) is 18.5. The number of nitrogens with zero attached hydrogens (tertiary/aromatic N) is 3. The highest BCUT2D eigenvalue weighted by Crippen LogP contribution is 2.30. The van der Waals surface area contributed by atoms with Crippen molar-refractivity contribution in [1.29, 1.82) is 0 Å². The highest BCUT2D eigenvalue weighted by atomic mass is 35.5. The van der Waals surface area contributed by atoms with Crippen LogP contribution < -0.4 is 20.1 Å². The lowest BCUT2D eigenvalue weighted by Crippen LogP contribution is -2.28. The number of benzene rings is 1. The summed E-state index contributed by atoms with van der Waals surface area (Å²) >= 11 is 5.74. The van der Waals surface area contributed by atoms with E-state index in [2.05, 4.69) is 25.8 Å². The number of carbonyl (C=O) groups excluding carboxylic acids is 1. The van der Waals surface area contributed by atoms with E-state index in [0.717, 1.165) is 0 Å². The molecule has 3 aromatic rings. The lowest BCUT2D eigenvalue weighted by molar-refractivity contribution is -0.143. The number of rotatable bonds is 8. The summed E-state index contributed by atoms with van der Waals surface area (Å²) < 4.78 is 29.7. The maximum Gasteiger partial charge on any atom is 0.320 e. The zero-order chi connectivity index (χ0) is 24.9. The maximum atomic E-state index is 13.3. The Labute approximate surface area is 203 Å². The number of aromatic nitrogens is 3. The van der Waals surface area contributed by atoms with Gasteiger partial charge in [-0.15, -0.1) is 5.10 Å². The fraction of sp³-hybridized carbons (Fsp3) is 0.318. The molecule has 0 bridgehead atoms. The lowest BCUT2D eigenvalue weighted by Gasteiger charge is -2.26. The number of nitrogens with one attached hydrogen (secondary N) is 2. The summed E-state index contributed by atoms with van der Waals surface area (Å²) in [6.07, 6.45) is 2.15. The third kappa shape index (κ3) is 5.96. The number of ether oxygens (including phenoxy) is 2. The molecule has 1 fully saturated rings. The van der Waals surface area contributed by atoms with Gasteiger partial charge in [0.15, 0.2) is 0 Å². The minimum atomic E-state index is -0.785. The van der Waals surface area contributed by atoms with Crippen LogP contribution in [0.1, 0.15) is 36.4 Å². The Morgan fingerprint density at radius 2 is 1.94 bits per heavy atom.